The van der Waals surface area contributed by atoms with Gasteiger partial charge in [0.25, 0.3) is 0 Å². The van der Waals surface area contributed by atoms with Gasteiger partial charge in [0.2, 0.25) is 0 Å². The van der Waals surface area contributed by atoms with Crippen molar-refractivity contribution in [1.29, 1.82) is 0 Å². The summed E-state index contributed by atoms with van der Waals surface area (Å²) in [5.41, 5.74) is 2.69. The van der Waals surface area contributed by atoms with Crippen molar-refractivity contribution >= 4 is 28.5 Å². The molecule has 1 aromatic carbocycles. The molecule has 0 fully saturated rings. The Bertz CT molecular complexity index is 764. The summed E-state index contributed by atoms with van der Waals surface area (Å²) in [6.45, 7) is 4.76. The van der Waals surface area contributed by atoms with Crippen molar-refractivity contribution in [3.8, 4) is 5.75 Å². The van der Waals surface area contributed by atoms with Crippen LogP contribution in [0.4, 0.5) is 5.00 Å². The van der Waals surface area contributed by atoms with E-state index in [4.69, 9.17) is 9.47 Å². The van der Waals surface area contributed by atoms with E-state index < -0.39 is 0 Å². The second kappa shape index (κ2) is 7.62. The van der Waals surface area contributed by atoms with Crippen LogP contribution in [0.2, 0.25) is 0 Å². The molecule has 2 aromatic rings. The van der Waals surface area contributed by atoms with E-state index in [9.17, 15) is 4.79 Å². The maximum absolute atomic E-state index is 12.4. The Labute approximate surface area is 146 Å². The lowest BCUT2D eigenvalue weighted by Crippen LogP contribution is -2.06. The molecule has 1 aliphatic rings. The van der Waals surface area contributed by atoms with Gasteiger partial charge in [-0.3, -0.25) is 0 Å². The van der Waals surface area contributed by atoms with Crippen LogP contribution in [0.25, 0.3) is 0 Å². The van der Waals surface area contributed by atoms with Crippen LogP contribution in [0.15, 0.2) is 29.3 Å². The standard InChI is InChI=1S/C19H21NO3S/c1-3-22-15-10-6-5-8-13(15)12-20-18-17(19(21)23-4-2)14-9-7-11-16(14)24-18/h5-6,8,10,12H,3-4,7,9,11H2,1-2H3. The molecule has 3 rings (SSSR count). The third kappa shape index (κ3) is 3.36. The zero-order valence-corrected chi connectivity index (χ0v) is 14.8. The number of aliphatic imine (C=N–C) groups is 1. The first-order chi connectivity index (χ1) is 11.7. The largest absolute Gasteiger partial charge is 0.493 e. The van der Waals surface area contributed by atoms with Gasteiger partial charge in [-0.15, -0.1) is 11.3 Å². The SMILES string of the molecule is CCOC(=O)c1c(N=Cc2ccccc2OCC)sc2c1CCC2. The molecule has 0 saturated heterocycles. The minimum absolute atomic E-state index is 0.262. The minimum Gasteiger partial charge on any atom is -0.493 e. The topological polar surface area (TPSA) is 47.9 Å². The van der Waals surface area contributed by atoms with Gasteiger partial charge in [-0.2, -0.15) is 0 Å². The minimum atomic E-state index is -0.262. The van der Waals surface area contributed by atoms with Gasteiger partial charge >= 0.3 is 5.97 Å². The molecule has 126 valence electrons. The van der Waals surface area contributed by atoms with Gasteiger partial charge in [-0.05, 0) is 50.8 Å². The zero-order valence-electron chi connectivity index (χ0n) is 14.0. The quantitative estimate of drug-likeness (QED) is 0.570. The lowest BCUT2D eigenvalue weighted by atomic mass is 10.1. The highest BCUT2D eigenvalue weighted by Gasteiger charge is 2.27. The number of fused-ring (bicyclic) bond motifs is 1. The van der Waals surface area contributed by atoms with Gasteiger partial charge < -0.3 is 9.47 Å². The normalized spacial score (nSPS) is 13.2. The molecular weight excluding hydrogens is 322 g/mol. The van der Waals surface area contributed by atoms with Crippen LogP contribution in [0.3, 0.4) is 0 Å². The summed E-state index contributed by atoms with van der Waals surface area (Å²) in [5, 5.41) is 0.740. The lowest BCUT2D eigenvalue weighted by Gasteiger charge is -2.06. The van der Waals surface area contributed by atoms with E-state index in [0.29, 0.717) is 18.8 Å². The lowest BCUT2D eigenvalue weighted by molar-refractivity contribution is 0.0527. The van der Waals surface area contributed by atoms with Gasteiger partial charge in [0, 0.05) is 16.7 Å². The number of hydrogen-bond acceptors (Lipinski definition) is 5. The zero-order chi connectivity index (χ0) is 16.9. The Hall–Kier alpha value is -2.14. The Kier molecular flexibility index (Phi) is 5.30. The van der Waals surface area contributed by atoms with Crippen LogP contribution >= 0.6 is 11.3 Å². The van der Waals surface area contributed by atoms with Gasteiger partial charge in [0.05, 0.1) is 18.8 Å². The van der Waals surface area contributed by atoms with Crippen LogP contribution in [0.5, 0.6) is 5.75 Å². The number of carbonyl (C=O) groups is 1. The number of hydrogen-bond donors (Lipinski definition) is 0. The molecule has 0 saturated carbocycles. The molecule has 0 aliphatic heterocycles. The summed E-state index contributed by atoms with van der Waals surface area (Å²) in [6.07, 6.45) is 4.84. The van der Waals surface area contributed by atoms with E-state index in [1.54, 1.807) is 17.6 Å². The first-order valence-corrected chi connectivity index (χ1v) is 9.13. The van der Waals surface area contributed by atoms with E-state index in [1.165, 1.54) is 4.88 Å². The summed E-state index contributed by atoms with van der Waals surface area (Å²) in [4.78, 5) is 18.2. The highest BCUT2D eigenvalue weighted by atomic mass is 32.1. The molecule has 1 heterocycles. The maximum Gasteiger partial charge on any atom is 0.341 e. The fraction of sp³-hybridized carbons (Fsp3) is 0.368. The molecular formula is C19H21NO3S. The highest BCUT2D eigenvalue weighted by Crippen LogP contribution is 2.41. The smallest absolute Gasteiger partial charge is 0.341 e. The second-order valence-corrected chi connectivity index (χ2v) is 6.57. The predicted molar refractivity (Wildman–Crippen MR) is 97.2 cm³/mol. The molecule has 4 nitrogen and oxygen atoms in total. The van der Waals surface area contributed by atoms with Crippen LogP contribution in [-0.4, -0.2) is 25.4 Å². The van der Waals surface area contributed by atoms with E-state index in [2.05, 4.69) is 4.99 Å². The van der Waals surface area contributed by atoms with Crippen LogP contribution in [-0.2, 0) is 17.6 Å². The predicted octanol–water partition coefficient (Wildman–Crippen LogP) is 4.56. The van der Waals surface area contributed by atoms with E-state index in [0.717, 1.165) is 41.1 Å². The molecule has 5 heteroatoms. The number of benzene rings is 1. The third-order valence-electron chi connectivity index (χ3n) is 3.92. The summed E-state index contributed by atoms with van der Waals surface area (Å²) in [7, 11) is 0. The summed E-state index contributed by atoms with van der Waals surface area (Å²) < 4.78 is 10.9. The number of thiophene rings is 1. The van der Waals surface area contributed by atoms with E-state index >= 15 is 0 Å². The molecule has 0 atom stereocenters. The average Bonchev–Trinajstić information content (AvgIpc) is 3.15. The number of rotatable bonds is 6. The molecule has 0 bridgehead atoms. The van der Waals surface area contributed by atoms with Crippen molar-refractivity contribution in [2.45, 2.75) is 33.1 Å². The number of nitrogens with zero attached hydrogens (tertiary/aromatic N) is 1. The Morgan fingerprint density at radius 2 is 2.08 bits per heavy atom. The first-order valence-electron chi connectivity index (χ1n) is 8.32. The molecule has 0 N–H and O–H groups in total. The fourth-order valence-electron chi connectivity index (χ4n) is 2.90. The van der Waals surface area contributed by atoms with Crippen LogP contribution in [0.1, 0.15) is 46.6 Å². The van der Waals surface area contributed by atoms with E-state index in [1.807, 2.05) is 38.1 Å². The van der Waals surface area contributed by atoms with Crippen molar-refractivity contribution in [3.63, 3.8) is 0 Å². The van der Waals surface area contributed by atoms with Gasteiger partial charge in [-0.1, -0.05) is 12.1 Å². The summed E-state index contributed by atoms with van der Waals surface area (Å²) in [5.74, 6) is 0.535. The monoisotopic (exact) mass is 343 g/mol. The highest BCUT2D eigenvalue weighted by molar-refractivity contribution is 7.16. The summed E-state index contributed by atoms with van der Waals surface area (Å²) in [6, 6.07) is 7.77. The molecule has 0 unspecified atom stereocenters. The average molecular weight is 343 g/mol. The number of esters is 1. The van der Waals surface area contributed by atoms with Crippen LogP contribution in [0, 0.1) is 0 Å². The maximum atomic E-state index is 12.4. The Balaban J connectivity index is 1.94. The van der Waals surface area contributed by atoms with Gasteiger partial charge in [-0.25, -0.2) is 9.79 Å². The molecule has 24 heavy (non-hydrogen) atoms. The number of para-hydroxylation sites is 1. The van der Waals surface area contributed by atoms with E-state index in [-0.39, 0.29) is 5.97 Å². The molecule has 1 aliphatic carbocycles. The van der Waals surface area contributed by atoms with Gasteiger partial charge in [0.15, 0.2) is 0 Å². The number of carbonyl (C=O) groups excluding carboxylic acids is 1. The van der Waals surface area contributed by atoms with Crippen molar-refractivity contribution in [3.05, 3.63) is 45.8 Å². The Morgan fingerprint density at radius 1 is 1.25 bits per heavy atom. The molecule has 0 radical (unpaired) electrons. The first kappa shape index (κ1) is 16.7. The second-order valence-electron chi connectivity index (χ2n) is 5.49. The Morgan fingerprint density at radius 3 is 2.88 bits per heavy atom. The summed E-state index contributed by atoms with van der Waals surface area (Å²) >= 11 is 1.60. The third-order valence-corrected chi connectivity index (χ3v) is 5.12. The van der Waals surface area contributed by atoms with Crippen LogP contribution < -0.4 is 4.74 Å². The van der Waals surface area contributed by atoms with Crippen molar-refractivity contribution < 1.29 is 14.3 Å². The fourth-order valence-corrected chi connectivity index (χ4v) is 4.12. The molecule has 0 spiro atoms. The molecule has 0 amide bonds. The van der Waals surface area contributed by atoms with Crippen molar-refractivity contribution in [2.75, 3.05) is 13.2 Å². The van der Waals surface area contributed by atoms with Crippen molar-refractivity contribution in [2.24, 2.45) is 4.99 Å². The van der Waals surface area contributed by atoms with Crippen molar-refractivity contribution in [1.82, 2.24) is 0 Å². The number of ether oxygens (including phenoxy) is 2. The van der Waals surface area contributed by atoms with Gasteiger partial charge in [0.1, 0.15) is 10.8 Å². The number of aryl methyl sites for hydroxylation is 1. The molecule has 1 aromatic heterocycles.